The Labute approximate surface area is 151 Å². The number of halogens is 1. The molecule has 3 aromatic rings. The summed E-state index contributed by atoms with van der Waals surface area (Å²) in [5, 5.41) is 6.85. The lowest BCUT2D eigenvalue weighted by molar-refractivity contribution is 0.102. The van der Waals surface area contributed by atoms with E-state index in [2.05, 4.69) is 15.6 Å². The van der Waals surface area contributed by atoms with Crippen molar-refractivity contribution in [3.63, 3.8) is 0 Å². The molecule has 0 atom stereocenters. The number of aryl methyl sites for hydroxylation is 1. The van der Waals surface area contributed by atoms with Crippen molar-refractivity contribution in [2.24, 2.45) is 0 Å². The van der Waals surface area contributed by atoms with Crippen LogP contribution in [0, 0.1) is 6.92 Å². The van der Waals surface area contributed by atoms with Crippen molar-refractivity contribution in [3.8, 4) is 0 Å². The van der Waals surface area contributed by atoms with Crippen LogP contribution in [0.25, 0.3) is 0 Å². The van der Waals surface area contributed by atoms with Gasteiger partial charge >= 0.3 is 0 Å². The van der Waals surface area contributed by atoms with Gasteiger partial charge in [0, 0.05) is 29.0 Å². The quantitative estimate of drug-likeness (QED) is 0.686. The molecule has 126 valence electrons. The number of amides is 1. The molecule has 1 heterocycles. The molecule has 0 spiro atoms. The molecule has 2 aromatic carbocycles. The molecule has 3 rings (SSSR count). The zero-order valence-electron chi connectivity index (χ0n) is 13.8. The van der Waals surface area contributed by atoms with Crippen LogP contribution < -0.4 is 10.6 Å². The van der Waals surface area contributed by atoms with E-state index in [4.69, 9.17) is 11.6 Å². The molecule has 0 saturated carbocycles. The van der Waals surface area contributed by atoms with E-state index >= 15 is 0 Å². The topological polar surface area (TPSA) is 54.0 Å². The van der Waals surface area contributed by atoms with Crippen molar-refractivity contribution in [1.29, 1.82) is 0 Å². The molecular formula is C20H18ClN3O. The molecule has 0 aliphatic carbocycles. The number of anilines is 2. The second-order valence-corrected chi connectivity index (χ2v) is 6.12. The number of carbonyl (C=O) groups excluding carboxylic acids is 1. The minimum absolute atomic E-state index is 0.161. The summed E-state index contributed by atoms with van der Waals surface area (Å²) in [6.07, 6.45) is 1.62. The molecule has 0 saturated heterocycles. The number of benzene rings is 2. The largest absolute Gasteiger partial charge is 0.366 e. The molecule has 0 bridgehead atoms. The highest BCUT2D eigenvalue weighted by Crippen LogP contribution is 2.16. The number of para-hydroxylation sites is 1. The van der Waals surface area contributed by atoms with Crippen molar-refractivity contribution in [3.05, 3.63) is 88.6 Å². The summed E-state index contributed by atoms with van der Waals surface area (Å²) in [7, 11) is 0. The van der Waals surface area contributed by atoms with Crippen LogP contribution >= 0.6 is 11.6 Å². The fourth-order valence-electron chi connectivity index (χ4n) is 2.37. The van der Waals surface area contributed by atoms with Crippen LogP contribution in [0.5, 0.6) is 0 Å². The smallest absolute Gasteiger partial charge is 0.255 e. The van der Waals surface area contributed by atoms with E-state index in [1.165, 1.54) is 0 Å². The third kappa shape index (κ3) is 4.58. The second-order valence-electron chi connectivity index (χ2n) is 5.68. The second kappa shape index (κ2) is 7.81. The third-order valence-corrected chi connectivity index (χ3v) is 4.05. The van der Waals surface area contributed by atoms with E-state index in [-0.39, 0.29) is 5.91 Å². The molecule has 25 heavy (non-hydrogen) atoms. The Bertz CT molecular complexity index is 878. The van der Waals surface area contributed by atoms with Gasteiger partial charge in [-0.05, 0) is 48.4 Å². The minimum atomic E-state index is -0.161. The van der Waals surface area contributed by atoms with Crippen LogP contribution in [0.4, 0.5) is 11.5 Å². The number of hydrogen-bond donors (Lipinski definition) is 2. The Morgan fingerprint density at radius 2 is 1.84 bits per heavy atom. The third-order valence-electron chi connectivity index (χ3n) is 3.80. The highest BCUT2D eigenvalue weighted by molar-refractivity contribution is 6.30. The van der Waals surface area contributed by atoms with Gasteiger partial charge in [-0.25, -0.2) is 4.98 Å². The van der Waals surface area contributed by atoms with E-state index in [1.807, 2.05) is 55.5 Å². The molecule has 0 radical (unpaired) electrons. The van der Waals surface area contributed by atoms with Crippen LogP contribution in [-0.4, -0.2) is 10.9 Å². The highest BCUT2D eigenvalue weighted by atomic mass is 35.5. The Morgan fingerprint density at radius 3 is 2.60 bits per heavy atom. The van der Waals surface area contributed by atoms with Crippen molar-refractivity contribution in [1.82, 2.24) is 4.98 Å². The lowest BCUT2D eigenvalue weighted by atomic mass is 10.2. The average Bonchev–Trinajstić information content (AvgIpc) is 2.63. The van der Waals surface area contributed by atoms with E-state index in [0.717, 1.165) is 16.8 Å². The van der Waals surface area contributed by atoms with Gasteiger partial charge in [0.2, 0.25) is 0 Å². The molecule has 1 aromatic heterocycles. The monoisotopic (exact) mass is 351 g/mol. The first kappa shape index (κ1) is 17.0. The van der Waals surface area contributed by atoms with Crippen molar-refractivity contribution < 1.29 is 4.79 Å². The summed E-state index contributed by atoms with van der Waals surface area (Å²) < 4.78 is 0. The zero-order chi connectivity index (χ0) is 17.6. The van der Waals surface area contributed by atoms with Crippen LogP contribution in [0.3, 0.4) is 0 Å². The SMILES string of the molecule is Cc1ccccc1NC(=O)c1ccnc(NCc2ccc(Cl)cc2)c1. The van der Waals surface area contributed by atoms with E-state index < -0.39 is 0 Å². The number of carbonyl (C=O) groups is 1. The summed E-state index contributed by atoms with van der Waals surface area (Å²) in [4.78, 5) is 16.7. The fourth-order valence-corrected chi connectivity index (χ4v) is 2.50. The lowest BCUT2D eigenvalue weighted by Crippen LogP contribution is -2.13. The number of aromatic nitrogens is 1. The van der Waals surface area contributed by atoms with Crippen LogP contribution in [0.2, 0.25) is 5.02 Å². The van der Waals surface area contributed by atoms with E-state index in [9.17, 15) is 4.79 Å². The number of nitrogens with zero attached hydrogens (tertiary/aromatic N) is 1. The van der Waals surface area contributed by atoms with Crippen LogP contribution in [0.15, 0.2) is 66.9 Å². The zero-order valence-corrected chi connectivity index (χ0v) is 14.5. The van der Waals surface area contributed by atoms with Gasteiger partial charge < -0.3 is 10.6 Å². The molecule has 2 N–H and O–H groups in total. The number of hydrogen-bond acceptors (Lipinski definition) is 3. The van der Waals surface area contributed by atoms with E-state index in [1.54, 1.807) is 18.3 Å². The van der Waals surface area contributed by atoms with Gasteiger partial charge in [0.1, 0.15) is 5.82 Å². The first-order valence-corrected chi connectivity index (χ1v) is 8.31. The molecule has 1 amide bonds. The molecule has 0 aliphatic rings. The Morgan fingerprint density at radius 1 is 1.08 bits per heavy atom. The van der Waals surface area contributed by atoms with Crippen molar-refractivity contribution in [2.75, 3.05) is 10.6 Å². The maximum absolute atomic E-state index is 12.4. The minimum Gasteiger partial charge on any atom is -0.366 e. The predicted octanol–water partition coefficient (Wildman–Crippen LogP) is 4.91. The van der Waals surface area contributed by atoms with Gasteiger partial charge in [0.15, 0.2) is 0 Å². The van der Waals surface area contributed by atoms with E-state index in [0.29, 0.717) is 22.9 Å². The Hall–Kier alpha value is -2.85. The van der Waals surface area contributed by atoms with Crippen LogP contribution in [-0.2, 0) is 6.54 Å². The van der Waals surface area contributed by atoms with Gasteiger partial charge in [-0.3, -0.25) is 4.79 Å². The highest BCUT2D eigenvalue weighted by Gasteiger charge is 2.08. The summed E-state index contributed by atoms with van der Waals surface area (Å²) in [6, 6.07) is 18.7. The Balaban J connectivity index is 1.67. The number of rotatable bonds is 5. The maximum Gasteiger partial charge on any atom is 0.255 e. The van der Waals surface area contributed by atoms with Crippen molar-refractivity contribution in [2.45, 2.75) is 13.5 Å². The maximum atomic E-state index is 12.4. The van der Waals surface area contributed by atoms with Gasteiger partial charge in [-0.1, -0.05) is 41.9 Å². The fraction of sp³-hybridized carbons (Fsp3) is 0.100. The average molecular weight is 352 g/mol. The number of pyridine rings is 1. The molecule has 5 heteroatoms. The summed E-state index contributed by atoms with van der Waals surface area (Å²) in [5.74, 6) is 0.485. The summed E-state index contributed by atoms with van der Waals surface area (Å²) >= 11 is 5.88. The van der Waals surface area contributed by atoms with Gasteiger partial charge in [0.25, 0.3) is 5.91 Å². The van der Waals surface area contributed by atoms with Crippen molar-refractivity contribution >= 4 is 29.0 Å². The van der Waals surface area contributed by atoms with Crippen LogP contribution in [0.1, 0.15) is 21.5 Å². The standard InChI is InChI=1S/C20H18ClN3O/c1-14-4-2-3-5-18(14)24-20(25)16-10-11-22-19(12-16)23-13-15-6-8-17(21)9-7-15/h2-12H,13H2,1H3,(H,22,23)(H,24,25). The molecule has 0 unspecified atom stereocenters. The predicted molar refractivity (Wildman–Crippen MR) is 102 cm³/mol. The first-order valence-electron chi connectivity index (χ1n) is 7.93. The molecule has 4 nitrogen and oxygen atoms in total. The van der Waals surface area contributed by atoms with Gasteiger partial charge in [-0.2, -0.15) is 0 Å². The Kier molecular flexibility index (Phi) is 5.31. The van der Waals surface area contributed by atoms with Gasteiger partial charge in [-0.15, -0.1) is 0 Å². The normalized spacial score (nSPS) is 10.3. The molecule has 0 aliphatic heterocycles. The summed E-state index contributed by atoms with van der Waals surface area (Å²) in [6.45, 7) is 2.56. The first-order chi connectivity index (χ1) is 12.1. The lowest BCUT2D eigenvalue weighted by Gasteiger charge is -2.10. The summed E-state index contributed by atoms with van der Waals surface area (Å²) in [5.41, 5.74) is 3.46. The molecule has 0 fully saturated rings. The molecular weight excluding hydrogens is 334 g/mol. The number of nitrogens with one attached hydrogen (secondary N) is 2. The van der Waals surface area contributed by atoms with Gasteiger partial charge in [0.05, 0.1) is 0 Å².